The van der Waals surface area contributed by atoms with E-state index in [0.717, 1.165) is 89.9 Å². The highest BCUT2D eigenvalue weighted by atomic mass is 16.6. The van der Waals surface area contributed by atoms with Crippen LogP contribution in [-0.2, 0) is 28.6 Å². The standard InChI is InChI=1S/C74H136O6/c1-4-7-10-13-16-19-22-25-27-29-31-32-33-34-35-36-37-38-39-40-41-42-44-45-47-49-52-55-58-61-64-67-73(76)79-70-71(69-78-72(75)66-63-60-57-54-51-24-21-18-15-12-9-6-3)80-74(77)68-65-62-59-56-53-50-48-46-43-30-28-26-23-20-17-14-11-8-5-2/h17-18,20-21,26,28,43,46,71H,4-16,19,22-25,27,29-42,44-45,47-70H2,1-3H3/b20-17-,21-18-,28-26-,46-43-. The van der Waals surface area contributed by atoms with E-state index in [0.29, 0.717) is 19.3 Å². The molecule has 0 bridgehead atoms. The van der Waals surface area contributed by atoms with Crippen molar-refractivity contribution in [2.75, 3.05) is 13.2 Å². The van der Waals surface area contributed by atoms with Gasteiger partial charge in [-0.25, -0.2) is 0 Å². The second kappa shape index (κ2) is 68.9. The average molecular weight is 1120 g/mol. The third-order valence-electron chi connectivity index (χ3n) is 16.1. The Bertz CT molecular complexity index is 1380. The van der Waals surface area contributed by atoms with Crippen LogP contribution < -0.4 is 0 Å². The van der Waals surface area contributed by atoms with Crippen LogP contribution in [-0.4, -0.2) is 37.2 Å². The van der Waals surface area contributed by atoms with Crippen LogP contribution in [0.5, 0.6) is 0 Å². The molecule has 0 spiro atoms. The van der Waals surface area contributed by atoms with E-state index in [1.165, 1.54) is 257 Å². The van der Waals surface area contributed by atoms with Crippen molar-refractivity contribution in [1.29, 1.82) is 0 Å². The van der Waals surface area contributed by atoms with E-state index in [1.54, 1.807) is 0 Å². The van der Waals surface area contributed by atoms with Gasteiger partial charge in [-0.3, -0.25) is 14.4 Å². The zero-order valence-corrected chi connectivity index (χ0v) is 53.9. The van der Waals surface area contributed by atoms with Crippen LogP contribution in [0.1, 0.15) is 387 Å². The van der Waals surface area contributed by atoms with Gasteiger partial charge in [0.1, 0.15) is 13.2 Å². The quantitative estimate of drug-likeness (QED) is 0.0261. The van der Waals surface area contributed by atoms with Crippen LogP contribution in [0.25, 0.3) is 0 Å². The molecular weight excluding hydrogens is 985 g/mol. The minimum absolute atomic E-state index is 0.0776. The highest BCUT2D eigenvalue weighted by Gasteiger charge is 2.19. The summed E-state index contributed by atoms with van der Waals surface area (Å²) in [5, 5.41) is 0. The Morgan fingerprint density at radius 2 is 0.450 bits per heavy atom. The highest BCUT2D eigenvalue weighted by Crippen LogP contribution is 2.18. The molecule has 0 aromatic carbocycles. The number of allylic oxidation sites excluding steroid dienone is 8. The van der Waals surface area contributed by atoms with E-state index in [9.17, 15) is 14.4 Å². The molecule has 0 aliphatic rings. The molecule has 1 atom stereocenters. The van der Waals surface area contributed by atoms with Crippen molar-refractivity contribution < 1.29 is 28.6 Å². The summed E-state index contributed by atoms with van der Waals surface area (Å²) in [6.07, 6.45) is 87.3. The minimum atomic E-state index is -0.783. The van der Waals surface area contributed by atoms with Crippen molar-refractivity contribution in [3.05, 3.63) is 48.6 Å². The summed E-state index contributed by atoms with van der Waals surface area (Å²) in [6, 6.07) is 0. The van der Waals surface area contributed by atoms with E-state index >= 15 is 0 Å². The molecule has 0 aromatic rings. The third-order valence-corrected chi connectivity index (χ3v) is 16.1. The van der Waals surface area contributed by atoms with Gasteiger partial charge in [-0.15, -0.1) is 0 Å². The normalized spacial score (nSPS) is 12.3. The van der Waals surface area contributed by atoms with Gasteiger partial charge in [0, 0.05) is 19.3 Å². The first-order chi connectivity index (χ1) is 39.5. The molecule has 80 heavy (non-hydrogen) atoms. The van der Waals surface area contributed by atoms with Gasteiger partial charge in [-0.05, 0) is 83.5 Å². The average Bonchev–Trinajstić information content (AvgIpc) is 3.46. The lowest BCUT2D eigenvalue weighted by Crippen LogP contribution is -2.30. The summed E-state index contributed by atoms with van der Waals surface area (Å²) < 4.78 is 16.9. The molecule has 0 amide bonds. The summed E-state index contributed by atoms with van der Waals surface area (Å²) in [5.74, 6) is -0.877. The van der Waals surface area contributed by atoms with Crippen LogP contribution in [0, 0.1) is 0 Å². The molecule has 0 N–H and O–H groups in total. The van der Waals surface area contributed by atoms with Gasteiger partial charge in [-0.2, -0.15) is 0 Å². The molecule has 0 aliphatic heterocycles. The lowest BCUT2D eigenvalue weighted by molar-refractivity contribution is -0.167. The van der Waals surface area contributed by atoms with Gasteiger partial charge in [0.2, 0.25) is 0 Å². The molecule has 468 valence electrons. The Kier molecular flexibility index (Phi) is 66.6. The summed E-state index contributed by atoms with van der Waals surface area (Å²) in [5.41, 5.74) is 0. The van der Waals surface area contributed by atoms with Gasteiger partial charge in [0.05, 0.1) is 0 Å². The number of carbonyl (C=O) groups excluding carboxylic acids is 3. The Balaban J connectivity index is 4.15. The molecule has 6 heteroatoms. The Morgan fingerprint density at radius 1 is 0.250 bits per heavy atom. The van der Waals surface area contributed by atoms with Crippen molar-refractivity contribution in [3.63, 3.8) is 0 Å². The number of hydrogen-bond donors (Lipinski definition) is 0. The van der Waals surface area contributed by atoms with Crippen molar-refractivity contribution in [3.8, 4) is 0 Å². The zero-order valence-electron chi connectivity index (χ0n) is 53.9. The van der Waals surface area contributed by atoms with Gasteiger partial charge in [0.15, 0.2) is 6.10 Å². The molecule has 0 saturated heterocycles. The maximum absolute atomic E-state index is 12.9. The maximum atomic E-state index is 12.9. The van der Waals surface area contributed by atoms with Gasteiger partial charge >= 0.3 is 17.9 Å². The topological polar surface area (TPSA) is 78.9 Å². The second-order valence-electron chi connectivity index (χ2n) is 24.1. The smallest absolute Gasteiger partial charge is 0.306 e. The number of ether oxygens (including phenoxy) is 3. The lowest BCUT2D eigenvalue weighted by atomic mass is 10.0. The van der Waals surface area contributed by atoms with Crippen molar-refractivity contribution in [1.82, 2.24) is 0 Å². The number of unbranched alkanes of at least 4 members (excludes halogenated alkanes) is 47. The Morgan fingerprint density at radius 3 is 0.738 bits per heavy atom. The first-order valence-electron chi connectivity index (χ1n) is 35.6. The summed E-state index contributed by atoms with van der Waals surface area (Å²) in [6.45, 7) is 6.63. The first kappa shape index (κ1) is 77.4. The van der Waals surface area contributed by atoms with E-state index < -0.39 is 6.10 Å². The number of carbonyl (C=O) groups is 3. The first-order valence-corrected chi connectivity index (χ1v) is 35.6. The monoisotopic (exact) mass is 1120 g/mol. The Hall–Kier alpha value is -2.63. The van der Waals surface area contributed by atoms with Crippen LogP contribution >= 0.6 is 0 Å². The molecular formula is C74H136O6. The van der Waals surface area contributed by atoms with Gasteiger partial charge in [0.25, 0.3) is 0 Å². The third kappa shape index (κ3) is 66.2. The van der Waals surface area contributed by atoms with E-state index in [4.69, 9.17) is 14.2 Å². The van der Waals surface area contributed by atoms with Crippen molar-refractivity contribution >= 4 is 17.9 Å². The summed E-state index contributed by atoms with van der Waals surface area (Å²) in [7, 11) is 0. The number of rotatable bonds is 66. The highest BCUT2D eigenvalue weighted by molar-refractivity contribution is 5.71. The van der Waals surface area contributed by atoms with E-state index in [2.05, 4.69) is 69.4 Å². The molecule has 6 nitrogen and oxygen atoms in total. The molecule has 0 saturated carbocycles. The molecule has 1 unspecified atom stereocenters. The predicted molar refractivity (Wildman–Crippen MR) is 349 cm³/mol. The molecule has 0 radical (unpaired) electrons. The fraction of sp³-hybridized carbons (Fsp3) is 0.851. The van der Waals surface area contributed by atoms with E-state index in [-0.39, 0.29) is 31.1 Å². The maximum Gasteiger partial charge on any atom is 0.306 e. The molecule has 0 fully saturated rings. The molecule has 0 aromatic heterocycles. The van der Waals surface area contributed by atoms with Crippen LogP contribution in [0.15, 0.2) is 48.6 Å². The minimum Gasteiger partial charge on any atom is -0.462 e. The fourth-order valence-corrected chi connectivity index (χ4v) is 10.7. The molecule has 0 heterocycles. The summed E-state index contributed by atoms with van der Waals surface area (Å²) in [4.78, 5) is 38.3. The number of hydrogen-bond acceptors (Lipinski definition) is 6. The van der Waals surface area contributed by atoms with Gasteiger partial charge < -0.3 is 14.2 Å². The van der Waals surface area contributed by atoms with Crippen molar-refractivity contribution in [2.45, 2.75) is 393 Å². The van der Waals surface area contributed by atoms with Crippen molar-refractivity contribution in [2.24, 2.45) is 0 Å². The second-order valence-corrected chi connectivity index (χ2v) is 24.1. The fourth-order valence-electron chi connectivity index (χ4n) is 10.7. The van der Waals surface area contributed by atoms with Crippen LogP contribution in [0.4, 0.5) is 0 Å². The SMILES string of the molecule is CCCCC/C=C\C/C=C\C/C=C\CCCCCCCCC(=O)OC(COC(=O)CCCCCCC/C=C\CCCCC)COC(=O)CCCCCCCCCCCCCCCCCCCCCCCCCCCCCCCCC. The number of esters is 3. The van der Waals surface area contributed by atoms with E-state index in [1.807, 2.05) is 0 Å². The summed E-state index contributed by atoms with van der Waals surface area (Å²) >= 11 is 0. The molecule has 0 aliphatic carbocycles. The largest absolute Gasteiger partial charge is 0.462 e. The predicted octanol–water partition coefficient (Wildman–Crippen LogP) is 24.5. The zero-order chi connectivity index (χ0) is 57.8. The lowest BCUT2D eigenvalue weighted by Gasteiger charge is -2.18. The van der Waals surface area contributed by atoms with Crippen LogP contribution in [0.2, 0.25) is 0 Å². The van der Waals surface area contributed by atoms with Crippen LogP contribution in [0.3, 0.4) is 0 Å². The molecule has 0 rings (SSSR count). The van der Waals surface area contributed by atoms with Gasteiger partial charge in [-0.1, -0.05) is 333 Å². The Labute approximate surface area is 498 Å².